The first-order valence-corrected chi connectivity index (χ1v) is 14.0. The van der Waals surface area contributed by atoms with E-state index in [-0.39, 0.29) is 22.5 Å². The lowest BCUT2D eigenvalue weighted by atomic mass is 9.78. The summed E-state index contributed by atoms with van der Waals surface area (Å²) in [4.78, 5) is 19.6. The van der Waals surface area contributed by atoms with Gasteiger partial charge in [0.05, 0.1) is 5.69 Å². The molecule has 0 fully saturated rings. The van der Waals surface area contributed by atoms with Gasteiger partial charge in [0, 0.05) is 33.7 Å². The Morgan fingerprint density at radius 3 is 2.24 bits per heavy atom. The van der Waals surface area contributed by atoms with Gasteiger partial charge in [0.15, 0.2) is 5.69 Å². The van der Waals surface area contributed by atoms with E-state index < -0.39 is 6.23 Å². The molecule has 2 heterocycles. The van der Waals surface area contributed by atoms with Crippen LogP contribution in [-0.2, 0) is 15.6 Å². The van der Waals surface area contributed by atoms with Crippen LogP contribution in [0.5, 0.6) is 11.6 Å². The Balaban J connectivity index is 2.05. The fourth-order valence-corrected chi connectivity index (χ4v) is 5.29. The maximum absolute atomic E-state index is 13.3. The van der Waals surface area contributed by atoms with Crippen LogP contribution in [-0.4, -0.2) is 31.9 Å². The van der Waals surface area contributed by atoms with Gasteiger partial charge in [-0.15, -0.1) is 10.2 Å². The fraction of sp³-hybridized carbons (Fsp3) is 0.429. The topological polar surface area (TPSA) is 88.4 Å². The summed E-state index contributed by atoms with van der Waals surface area (Å²) < 4.78 is 7.42. The number of phenols is 1. The molecule has 9 heteroatoms. The van der Waals surface area contributed by atoms with Gasteiger partial charge in [-0.1, -0.05) is 76.2 Å². The summed E-state index contributed by atoms with van der Waals surface area (Å²) in [7, 11) is 0. The maximum Gasteiger partial charge on any atom is 0.247 e. The first kappa shape index (κ1) is 27.4. The van der Waals surface area contributed by atoms with Crippen LogP contribution in [0.25, 0.3) is 11.3 Å². The first-order chi connectivity index (χ1) is 17.2. The average molecular weight is 586 g/mol. The van der Waals surface area contributed by atoms with Crippen LogP contribution in [0, 0.1) is 0 Å². The van der Waals surface area contributed by atoms with E-state index in [1.165, 1.54) is 18.7 Å². The summed E-state index contributed by atoms with van der Waals surface area (Å²) in [6.45, 7) is 15.9. The zero-order chi connectivity index (χ0) is 27.3. The molecule has 0 saturated carbocycles. The zero-order valence-corrected chi connectivity index (χ0v) is 24.9. The summed E-state index contributed by atoms with van der Waals surface area (Å²) in [5, 5.41) is 20.6. The molecular weight excluding hydrogens is 552 g/mol. The third kappa shape index (κ3) is 5.34. The number of hydrogen-bond acceptors (Lipinski definition) is 7. The van der Waals surface area contributed by atoms with Gasteiger partial charge in [-0.05, 0) is 46.9 Å². The smallest absolute Gasteiger partial charge is 0.247 e. The van der Waals surface area contributed by atoms with Crippen LogP contribution in [0.3, 0.4) is 0 Å². The maximum atomic E-state index is 13.3. The summed E-state index contributed by atoms with van der Waals surface area (Å²) in [6.07, 6.45) is -0.836. The van der Waals surface area contributed by atoms with Crippen LogP contribution < -0.4 is 9.64 Å². The predicted molar refractivity (Wildman–Crippen MR) is 151 cm³/mol. The van der Waals surface area contributed by atoms with E-state index >= 15 is 0 Å². The molecule has 0 aliphatic carbocycles. The lowest BCUT2D eigenvalue weighted by molar-refractivity contribution is -0.118. The molecule has 1 amide bonds. The molecule has 37 heavy (non-hydrogen) atoms. The molecule has 4 rings (SSSR count). The second-order valence-electron chi connectivity index (χ2n) is 11.2. The Hall–Kier alpha value is -2.65. The number of hydrogen-bond donors (Lipinski definition) is 1. The minimum absolute atomic E-state index is 0.194. The zero-order valence-electron chi connectivity index (χ0n) is 22.5. The van der Waals surface area contributed by atoms with Crippen LogP contribution in [0.4, 0.5) is 5.69 Å². The second-order valence-corrected chi connectivity index (χ2v) is 13.3. The largest absolute Gasteiger partial charge is 0.507 e. The lowest BCUT2D eigenvalue weighted by Gasteiger charge is -2.33. The van der Waals surface area contributed by atoms with E-state index in [0.717, 1.165) is 26.9 Å². The lowest BCUT2D eigenvalue weighted by Crippen LogP contribution is -2.36. The molecule has 196 valence electrons. The van der Waals surface area contributed by atoms with E-state index in [9.17, 15) is 9.90 Å². The Morgan fingerprint density at radius 2 is 1.70 bits per heavy atom. The summed E-state index contributed by atoms with van der Waals surface area (Å²) in [5.41, 5.74) is 3.43. The van der Waals surface area contributed by atoms with Crippen LogP contribution in [0.15, 0.2) is 40.0 Å². The molecule has 1 aromatic heterocycles. The number of ether oxygens (including phenoxy) is 1. The molecule has 0 bridgehead atoms. The van der Waals surface area contributed by atoms with E-state index in [2.05, 4.69) is 72.7 Å². The van der Waals surface area contributed by atoms with Gasteiger partial charge in [0.25, 0.3) is 0 Å². The highest BCUT2D eigenvalue weighted by Gasteiger charge is 2.37. The minimum atomic E-state index is -0.836. The first-order valence-electron chi connectivity index (χ1n) is 12.2. The number of halogens is 1. The van der Waals surface area contributed by atoms with Crippen LogP contribution in [0.1, 0.15) is 78.3 Å². The molecule has 0 radical (unpaired) electrons. The quantitative estimate of drug-likeness (QED) is 0.327. The molecular formula is C28H33BrN4O3S. The monoisotopic (exact) mass is 584 g/mol. The van der Waals surface area contributed by atoms with Gasteiger partial charge in [0.2, 0.25) is 23.2 Å². The number of phenolic OH excluding ortho intramolecular Hbond substituents is 1. The van der Waals surface area contributed by atoms with Gasteiger partial charge in [-0.2, -0.15) is 4.98 Å². The number of aromatic nitrogens is 3. The molecule has 0 unspecified atom stereocenters. The Morgan fingerprint density at radius 1 is 1.08 bits per heavy atom. The molecule has 3 aromatic rings. The molecule has 0 saturated heterocycles. The van der Waals surface area contributed by atoms with E-state index in [1.807, 2.05) is 37.3 Å². The number of amides is 1. The highest BCUT2D eigenvalue weighted by Crippen LogP contribution is 2.47. The van der Waals surface area contributed by atoms with Crippen molar-refractivity contribution in [3.63, 3.8) is 0 Å². The van der Waals surface area contributed by atoms with Crippen LogP contribution >= 0.6 is 27.7 Å². The van der Waals surface area contributed by atoms with Crippen molar-refractivity contribution in [2.75, 3.05) is 10.7 Å². The number of nitrogens with zero attached hydrogens (tertiary/aromatic N) is 4. The van der Waals surface area contributed by atoms with Crippen molar-refractivity contribution in [1.82, 2.24) is 15.2 Å². The van der Waals surface area contributed by atoms with Crippen molar-refractivity contribution in [3.05, 3.63) is 51.5 Å². The molecule has 1 aliphatic rings. The molecule has 7 nitrogen and oxygen atoms in total. The third-order valence-electron chi connectivity index (χ3n) is 6.21. The number of carbonyl (C=O) groups is 1. The van der Waals surface area contributed by atoms with E-state index in [4.69, 9.17) is 4.74 Å². The predicted octanol–water partition coefficient (Wildman–Crippen LogP) is 7.16. The van der Waals surface area contributed by atoms with Crippen LogP contribution in [0.2, 0.25) is 0 Å². The number of anilines is 1. The van der Waals surface area contributed by atoms with Gasteiger partial charge in [-0.25, -0.2) is 0 Å². The van der Waals surface area contributed by atoms with Gasteiger partial charge < -0.3 is 9.84 Å². The van der Waals surface area contributed by atoms with Crippen molar-refractivity contribution in [1.29, 1.82) is 0 Å². The Labute approximate surface area is 231 Å². The summed E-state index contributed by atoms with van der Waals surface area (Å²) in [6, 6.07) is 9.53. The van der Waals surface area contributed by atoms with Gasteiger partial charge in [-0.3, -0.25) is 9.69 Å². The number of thioether (sulfide) groups is 1. The fourth-order valence-electron chi connectivity index (χ4n) is 4.43. The molecule has 0 spiro atoms. The number of carbonyl (C=O) groups excluding carboxylic acids is 1. The Kier molecular flexibility index (Phi) is 7.33. The average Bonchev–Trinajstić information content (AvgIpc) is 2.92. The molecule has 1 atom stereocenters. The molecule has 1 N–H and O–H groups in total. The van der Waals surface area contributed by atoms with Crippen molar-refractivity contribution in [3.8, 4) is 22.9 Å². The Bertz CT molecular complexity index is 1330. The van der Waals surface area contributed by atoms with E-state index in [0.29, 0.717) is 28.0 Å². The molecule has 2 aromatic carbocycles. The van der Waals surface area contributed by atoms with Crippen molar-refractivity contribution >= 4 is 39.3 Å². The second kappa shape index (κ2) is 9.91. The van der Waals surface area contributed by atoms with Crippen molar-refractivity contribution in [2.24, 2.45) is 0 Å². The highest BCUT2D eigenvalue weighted by atomic mass is 79.9. The highest BCUT2D eigenvalue weighted by molar-refractivity contribution is 9.10. The number of benzene rings is 2. The number of rotatable bonds is 3. The number of aromatic hydroxyl groups is 1. The third-order valence-corrected chi connectivity index (χ3v) is 7.43. The minimum Gasteiger partial charge on any atom is -0.507 e. The summed E-state index contributed by atoms with van der Waals surface area (Å²) >= 11 is 5.02. The standard InChI is InChI=1S/C28H33BrN4O3S/c1-9-37-26-30-24-22(31-32-26)18-14-17(29)10-11-21(18)33(15(2)34)25(36-24)16-12-19(27(3,4)5)23(35)20(13-16)28(6,7)8/h10-14,25,35H,9H2,1-8H3/t25-/m0/s1. The van der Waals surface area contributed by atoms with E-state index in [1.54, 1.807) is 4.90 Å². The van der Waals surface area contributed by atoms with Crippen molar-refractivity contribution < 1.29 is 14.6 Å². The number of fused-ring (bicyclic) bond motifs is 3. The van der Waals surface area contributed by atoms with Crippen molar-refractivity contribution in [2.45, 2.75) is 77.6 Å². The normalized spacial score (nSPS) is 15.5. The molecule has 1 aliphatic heterocycles. The van der Waals surface area contributed by atoms with Gasteiger partial charge in [0.1, 0.15) is 5.75 Å². The van der Waals surface area contributed by atoms with Gasteiger partial charge >= 0.3 is 0 Å². The summed E-state index contributed by atoms with van der Waals surface area (Å²) in [5.74, 6) is 1.16. The SMILES string of the molecule is CCSc1nnc2c(n1)O[C@@H](c1cc(C(C)(C)C)c(O)c(C(C)(C)C)c1)N(C(C)=O)c1ccc(Br)cc1-2.